The summed E-state index contributed by atoms with van der Waals surface area (Å²) in [5.74, 6) is 0. The first-order valence-electron chi connectivity index (χ1n) is 5.60. The molecule has 0 saturated carbocycles. The minimum Gasteiger partial charge on any atom is -0.376 e. The van der Waals surface area contributed by atoms with Gasteiger partial charge in [-0.05, 0) is 31.1 Å². The van der Waals surface area contributed by atoms with E-state index in [-0.39, 0.29) is 6.10 Å². The Balaban J connectivity index is 2.02. The van der Waals surface area contributed by atoms with Crippen molar-refractivity contribution in [3.63, 3.8) is 0 Å². The average molecular weight is 270 g/mol. The van der Waals surface area contributed by atoms with Gasteiger partial charge in [-0.2, -0.15) is 0 Å². The van der Waals surface area contributed by atoms with Crippen molar-refractivity contribution in [2.75, 3.05) is 6.61 Å². The highest BCUT2D eigenvalue weighted by Gasteiger charge is 2.18. The first kappa shape index (κ1) is 11.2. The van der Waals surface area contributed by atoms with E-state index in [0.717, 1.165) is 37.2 Å². The van der Waals surface area contributed by atoms with E-state index in [1.807, 2.05) is 10.6 Å². The molecule has 3 heterocycles. The summed E-state index contributed by atoms with van der Waals surface area (Å²) in [7, 11) is 0. The van der Waals surface area contributed by atoms with Crippen LogP contribution in [-0.2, 0) is 11.3 Å². The quantitative estimate of drug-likeness (QED) is 0.853. The van der Waals surface area contributed by atoms with Crippen molar-refractivity contribution in [1.29, 1.82) is 0 Å². The van der Waals surface area contributed by atoms with Crippen molar-refractivity contribution >= 4 is 35.0 Å². The van der Waals surface area contributed by atoms with Crippen LogP contribution in [-0.4, -0.2) is 27.2 Å². The van der Waals surface area contributed by atoms with Gasteiger partial charge in [-0.25, -0.2) is 4.98 Å². The average Bonchev–Trinajstić information content (AvgIpc) is 2.88. The standard InChI is InChI=1S/C11H12ClN3OS/c12-7-4-9-10(13-5-7)15(11(17)14-9)6-8-2-1-3-16-8/h4-5,8H,1-3,6H2,(H,14,17). The molecule has 2 aromatic rings. The molecule has 1 atom stereocenters. The van der Waals surface area contributed by atoms with Crippen molar-refractivity contribution in [1.82, 2.24) is 14.5 Å². The van der Waals surface area contributed by atoms with E-state index < -0.39 is 0 Å². The van der Waals surface area contributed by atoms with Crippen LogP contribution in [0.2, 0.25) is 5.02 Å². The zero-order valence-electron chi connectivity index (χ0n) is 9.15. The molecule has 0 amide bonds. The van der Waals surface area contributed by atoms with E-state index in [9.17, 15) is 0 Å². The number of aromatic amines is 1. The first-order valence-corrected chi connectivity index (χ1v) is 6.38. The molecule has 1 aliphatic rings. The van der Waals surface area contributed by atoms with Crippen molar-refractivity contribution < 1.29 is 4.74 Å². The minimum atomic E-state index is 0.248. The van der Waals surface area contributed by atoms with Crippen LogP contribution in [0.1, 0.15) is 12.8 Å². The lowest BCUT2D eigenvalue weighted by atomic mass is 10.2. The Hall–Kier alpha value is -0.910. The monoisotopic (exact) mass is 269 g/mol. The summed E-state index contributed by atoms with van der Waals surface area (Å²) in [5, 5.41) is 0.609. The number of H-pyrrole nitrogens is 1. The second-order valence-electron chi connectivity index (χ2n) is 4.20. The molecule has 4 nitrogen and oxygen atoms in total. The predicted octanol–water partition coefficient (Wildman–Crippen LogP) is 2.93. The van der Waals surface area contributed by atoms with Crippen LogP contribution in [0.4, 0.5) is 0 Å². The number of aromatic nitrogens is 3. The molecule has 1 saturated heterocycles. The summed E-state index contributed by atoms with van der Waals surface area (Å²) in [6.45, 7) is 1.60. The van der Waals surface area contributed by atoms with Gasteiger partial charge in [0.25, 0.3) is 0 Å². The fourth-order valence-electron chi connectivity index (χ4n) is 2.18. The number of pyridine rings is 1. The zero-order chi connectivity index (χ0) is 11.8. The fraction of sp³-hybridized carbons (Fsp3) is 0.455. The summed E-state index contributed by atoms with van der Waals surface area (Å²) < 4.78 is 8.27. The van der Waals surface area contributed by atoms with Crippen LogP contribution in [0, 0.1) is 4.77 Å². The molecule has 1 N–H and O–H groups in total. The molecule has 0 spiro atoms. The molecule has 3 rings (SSSR count). The Morgan fingerprint density at radius 2 is 2.53 bits per heavy atom. The fourth-order valence-corrected chi connectivity index (χ4v) is 2.61. The van der Waals surface area contributed by atoms with Crippen LogP contribution < -0.4 is 0 Å². The molecule has 17 heavy (non-hydrogen) atoms. The number of fused-ring (bicyclic) bond motifs is 1. The molecular weight excluding hydrogens is 258 g/mol. The lowest BCUT2D eigenvalue weighted by Crippen LogP contribution is -2.15. The molecule has 0 bridgehead atoms. The molecule has 1 aliphatic heterocycles. The summed E-state index contributed by atoms with van der Waals surface area (Å²) in [5.41, 5.74) is 1.72. The van der Waals surface area contributed by atoms with Crippen LogP contribution in [0.5, 0.6) is 0 Å². The van der Waals surface area contributed by atoms with Crippen LogP contribution in [0.3, 0.4) is 0 Å². The lowest BCUT2D eigenvalue weighted by Gasteiger charge is -2.10. The van der Waals surface area contributed by atoms with Gasteiger partial charge in [0.1, 0.15) is 0 Å². The third kappa shape index (κ3) is 2.10. The van der Waals surface area contributed by atoms with Gasteiger partial charge in [0, 0.05) is 12.8 Å². The van der Waals surface area contributed by atoms with Gasteiger partial charge < -0.3 is 9.72 Å². The molecule has 1 fully saturated rings. The Bertz CT molecular complexity index is 600. The van der Waals surface area contributed by atoms with Gasteiger partial charge in [0.2, 0.25) is 0 Å². The summed E-state index contributed by atoms with van der Waals surface area (Å²) in [6, 6.07) is 1.84. The van der Waals surface area contributed by atoms with Gasteiger partial charge in [-0.3, -0.25) is 4.57 Å². The van der Waals surface area contributed by atoms with E-state index in [4.69, 9.17) is 28.6 Å². The number of nitrogens with zero attached hydrogens (tertiary/aromatic N) is 2. The molecule has 0 aromatic carbocycles. The van der Waals surface area contributed by atoms with Crippen LogP contribution in [0.25, 0.3) is 11.2 Å². The Labute approximate surface area is 109 Å². The first-order chi connectivity index (χ1) is 8.24. The van der Waals surface area contributed by atoms with Crippen molar-refractivity contribution in [3.8, 4) is 0 Å². The maximum Gasteiger partial charge on any atom is 0.179 e. The Morgan fingerprint density at radius 1 is 1.65 bits per heavy atom. The molecular formula is C11H12ClN3OS. The van der Waals surface area contributed by atoms with E-state index >= 15 is 0 Å². The molecule has 2 aromatic heterocycles. The SMILES string of the molecule is S=c1[nH]c2cc(Cl)cnc2n1CC1CCCO1. The Morgan fingerprint density at radius 3 is 3.29 bits per heavy atom. The number of halogens is 1. The third-order valence-corrected chi connectivity index (χ3v) is 3.52. The van der Waals surface area contributed by atoms with E-state index in [1.54, 1.807) is 6.20 Å². The molecule has 1 unspecified atom stereocenters. The van der Waals surface area contributed by atoms with Gasteiger partial charge in [0.05, 0.1) is 23.2 Å². The van der Waals surface area contributed by atoms with Gasteiger partial charge >= 0.3 is 0 Å². The Kier molecular flexibility index (Phi) is 2.90. The number of rotatable bonds is 2. The van der Waals surface area contributed by atoms with Crippen LogP contribution in [0.15, 0.2) is 12.3 Å². The highest BCUT2D eigenvalue weighted by atomic mass is 35.5. The topological polar surface area (TPSA) is 42.8 Å². The van der Waals surface area contributed by atoms with E-state index in [0.29, 0.717) is 9.79 Å². The van der Waals surface area contributed by atoms with E-state index in [2.05, 4.69) is 9.97 Å². The van der Waals surface area contributed by atoms with Crippen molar-refractivity contribution in [2.24, 2.45) is 0 Å². The summed E-state index contributed by atoms with van der Waals surface area (Å²) in [6.07, 6.45) is 4.10. The number of ether oxygens (including phenoxy) is 1. The normalized spacial score (nSPS) is 20.2. The predicted molar refractivity (Wildman–Crippen MR) is 68.9 cm³/mol. The molecule has 0 radical (unpaired) electrons. The maximum absolute atomic E-state index is 5.90. The third-order valence-electron chi connectivity index (χ3n) is 2.99. The number of nitrogens with one attached hydrogen (secondary N) is 1. The highest BCUT2D eigenvalue weighted by molar-refractivity contribution is 7.71. The van der Waals surface area contributed by atoms with Gasteiger partial charge in [0.15, 0.2) is 10.4 Å². The number of hydrogen-bond acceptors (Lipinski definition) is 3. The number of imidazole rings is 1. The van der Waals surface area contributed by atoms with E-state index in [1.165, 1.54) is 0 Å². The van der Waals surface area contributed by atoms with Crippen molar-refractivity contribution in [3.05, 3.63) is 22.1 Å². The summed E-state index contributed by atoms with van der Waals surface area (Å²) >= 11 is 11.2. The smallest absolute Gasteiger partial charge is 0.179 e. The molecule has 90 valence electrons. The molecule has 0 aliphatic carbocycles. The number of hydrogen-bond donors (Lipinski definition) is 1. The minimum absolute atomic E-state index is 0.248. The zero-order valence-corrected chi connectivity index (χ0v) is 10.7. The summed E-state index contributed by atoms with van der Waals surface area (Å²) in [4.78, 5) is 7.44. The van der Waals surface area contributed by atoms with Gasteiger partial charge in [-0.15, -0.1) is 0 Å². The van der Waals surface area contributed by atoms with Crippen molar-refractivity contribution in [2.45, 2.75) is 25.5 Å². The second kappa shape index (κ2) is 4.40. The molecule has 6 heteroatoms. The van der Waals surface area contributed by atoms with Crippen LogP contribution >= 0.6 is 23.8 Å². The second-order valence-corrected chi connectivity index (χ2v) is 5.02. The van der Waals surface area contributed by atoms with Gasteiger partial charge in [-0.1, -0.05) is 11.6 Å². The highest BCUT2D eigenvalue weighted by Crippen LogP contribution is 2.19. The largest absolute Gasteiger partial charge is 0.376 e. The maximum atomic E-state index is 5.90. The lowest BCUT2D eigenvalue weighted by molar-refractivity contribution is 0.0975.